The van der Waals surface area contributed by atoms with Gasteiger partial charge in [-0.2, -0.15) is 0 Å². The smallest absolute Gasteiger partial charge is 0.341 e. The molecule has 0 spiro atoms. The molecule has 0 fully saturated rings. The fourth-order valence-electron chi connectivity index (χ4n) is 0.500. The van der Waals surface area contributed by atoms with Gasteiger partial charge in [0.05, 0.1) is 0 Å². The normalized spacial score (nSPS) is 11.2. The summed E-state index contributed by atoms with van der Waals surface area (Å²) >= 11 is 16.7. The summed E-state index contributed by atoms with van der Waals surface area (Å²) in [6, 6.07) is -2.51. The summed E-state index contributed by atoms with van der Waals surface area (Å²) in [6.45, 7) is 0.468. The van der Waals surface area contributed by atoms with E-state index in [1.54, 1.807) is 0 Å². The minimum atomic E-state index is -2.50. The van der Waals surface area contributed by atoms with Crippen molar-refractivity contribution in [2.75, 3.05) is 6.54 Å². The van der Waals surface area contributed by atoms with Gasteiger partial charge in [-0.25, -0.2) is 4.79 Å². The van der Waals surface area contributed by atoms with Gasteiger partial charge in [-0.1, -0.05) is 0 Å². The first-order valence-electron chi connectivity index (χ1n) is 3.02. The molecule has 0 bridgehead atoms. The van der Waals surface area contributed by atoms with Crippen molar-refractivity contribution in [1.82, 2.24) is 5.32 Å². The molecule has 0 saturated heterocycles. The first kappa shape index (κ1) is 11.4. The van der Waals surface area contributed by atoms with E-state index in [2.05, 4.69) is 5.32 Å². The van der Waals surface area contributed by atoms with E-state index in [-0.39, 0.29) is 0 Å². The highest BCUT2D eigenvalue weighted by Gasteiger charge is 2.23. The highest BCUT2D eigenvalue weighted by molar-refractivity contribution is 7.64. The summed E-state index contributed by atoms with van der Waals surface area (Å²) in [7, 11) is 0. The minimum absolute atomic E-state index is 0.468. The quantitative estimate of drug-likeness (QED) is 0.435. The maximum absolute atomic E-state index is 10.1. The predicted octanol–water partition coefficient (Wildman–Crippen LogP) is 1.70. The van der Waals surface area contributed by atoms with Crippen LogP contribution in [0.1, 0.15) is 6.42 Å². The second kappa shape index (κ2) is 5.08. The second-order valence-electron chi connectivity index (χ2n) is 2.01. The molecule has 11 heavy (non-hydrogen) atoms. The van der Waals surface area contributed by atoms with E-state index in [0.717, 1.165) is 0 Å². The van der Waals surface area contributed by atoms with Crippen molar-refractivity contribution in [3.63, 3.8) is 0 Å². The van der Waals surface area contributed by atoms with Crippen molar-refractivity contribution < 1.29 is 4.79 Å². The average molecular weight is 236 g/mol. The standard InChI is InChI=1S/C4H9Cl3N2OSi/c5-11(6,7)3-1-2-9-4(8)10/h1-3H2,(H3,8,9,10). The monoisotopic (exact) mass is 234 g/mol. The number of amides is 2. The topological polar surface area (TPSA) is 55.1 Å². The van der Waals surface area contributed by atoms with Crippen LogP contribution in [-0.2, 0) is 0 Å². The molecule has 0 atom stereocenters. The maximum atomic E-state index is 10.1. The lowest BCUT2D eigenvalue weighted by atomic mass is 10.5. The number of halogens is 3. The summed E-state index contributed by atoms with van der Waals surface area (Å²) in [5, 5.41) is 2.40. The number of nitrogens with two attached hydrogens (primary N) is 1. The van der Waals surface area contributed by atoms with Crippen molar-refractivity contribution in [2.24, 2.45) is 5.73 Å². The van der Waals surface area contributed by atoms with Gasteiger partial charge in [0.15, 0.2) is 0 Å². The SMILES string of the molecule is NC(=O)NCCC[Si](Cl)(Cl)Cl. The number of urea groups is 1. The number of hydrogen-bond acceptors (Lipinski definition) is 1. The zero-order chi connectivity index (χ0) is 8.91. The van der Waals surface area contributed by atoms with Crippen LogP contribution in [0.2, 0.25) is 6.04 Å². The lowest BCUT2D eigenvalue weighted by molar-refractivity contribution is 0.249. The van der Waals surface area contributed by atoms with Crippen molar-refractivity contribution in [2.45, 2.75) is 12.5 Å². The highest BCUT2D eigenvalue weighted by atomic mass is 35.8. The molecule has 0 heterocycles. The molecule has 0 saturated carbocycles. The molecule has 66 valence electrons. The zero-order valence-corrected chi connectivity index (χ0v) is 9.01. The van der Waals surface area contributed by atoms with Crippen LogP contribution in [0.3, 0.4) is 0 Å². The van der Waals surface area contributed by atoms with Gasteiger partial charge in [0.2, 0.25) is 0 Å². The summed E-state index contributed by atoms with van der Waals surface area (Å²) in [5.41, 5.74) is 4.80. The number of carbonyl (C=O) groups excluding carboxylic acids is 1. The largest absolute Gasteiger partial charge is 0.352 e. The van der Waals surface area contributed by atoms with Gasteiger partial charge >= 0.3 is 12.0 Å². The van der Waals surface area contributed by atoms with E-state index in [1.807, 2.05) is 0 Å². The lowest BCUT2D eigenvalue weighted by Crippen LogP contribution is -2.30. The molecule has 0 rings (SSSR count). The fraction of sp³-hybridized carbons (Fsp3) is 0.750. The van der Waals surface area contributed by atoms with Gasteiger partial charge in [0.25, 0.3) is 0 Å². The van der Waals surface area contributed by atoms with Gasteiger partial charge < -0.3 is 11.1 Å². The van der Waals surface area contributed by atoms with Crippen LogP contribution in [0.15, 0.2) is 0 Å². The van der Waals surface area contributed by atoms with Gasteiger partial charge in [-0.15, -0.1) is 33.2 Å². The Bertz CT molecular complexity index is 138. The molecule has 0 aliphatic heterocycles. The van der Waals surface area contributed by atoms with Crippen molar-refractivity contribution in [1.29, 1.82) is 0 Å². The molecule has 3 N–H and O–H groups in total. The van der Waals surface area contributed by atoms with Crippen LogP contribution < -0.4 is 11.1 Å². The number of hydrogen-bond donors (Lipinski definition) is 2. The van der Waals surface area contributed by atoms with Crippen LogP contribution in [0.4, 0.5) is 4.79 Å². The van der Waals surface area contributed by atoms with Gasteiger partial charge in [0, 0.05) is 6.54 Å². The Labute approximate surface area is 80.3 Å². The molecule has 0 radical (unpaired) electrons. The molecular weight excluding hydrogens is 227 g/mol. The summed E-state index contributed by atoms with van der Waals surface area (Å²) in [5.74, 6) is 0. The first-order valence-corrected chi connectivity index (χ1v) is 8.26. The van der Waals surface area contributed by atoms with Gasteiger partial charge in [-0.05, 0) is 12.5 Å². The molecular formula is C4H9Cl3N2OSi. The molecule has 3 nitrogen and oxygen atoms in total. The Balaban J connectivity index is 3.22. The molecule has 0 aromatic heterocycles. The third-order valence-electron chi connectivity index (χ3n) is 0.936. The van der Waals surface area contributed by atoms with Crippen LogP contribution in [0.25, 0.3) is 0 Å². The lowest BCUT2D eigenvalue weighted by Gasteiger charge is -2.06. The van der Waals surface area contributed by atoms with E-state index < -0.39 is 12.0 Å². The average Bonchev–Trinajstić information content (AvgIpc) is 1.78. The number of carbonyl (C=O) groups is 1. The first-order chi connectivity index (χ1) is 4.92. The molecule has 0 aliphatic carbocycles. The summed E-state index contributed by atoms with van der Waals surface area (Å²) in [6.07, 6.45) is 0.658. The third kappa shape index (κ3) is 10.4. The van der Waals surface area contributed by atoms with Crippen LogP contribution in [0, 0.1) is 0 Å². The minimum Gasteiger partial charge on any atom is -0.352 e. The van der Waals surface area contributed by atoms with Gasteiger partial charge in [-0.3, -0.25) is 0 Å². The Morgan fingerprint density at radius 1 is 1.45 bits per heavy atom. The third-order valence-corrected chi connectivity index (χ3v) is 3.56. The van der Waals surface area contributed by atoms with E-state index in [9.17, 15) is 4.79 Å². The molecule has 0 aromatic rings. The zero-order valence-electron chi connectivity index (χ0n) is 5.74. The van der Waals surface area contributed by atoms with Crippen LogP contribution in [0.5, 0.6) is 0 Å². The van der Waals surface area contributed by atoms with Crippen molar-refractivity contribution in [3.8, 4) is 0 Å². The van der Waals surface area contributed by atoms with E-state index >= 15 is 0 Å². The summed E-state index contributed by atoms with van der Waals surface area (Å²) in [4.78, 5) is 10.1. The van der Waals surface area contributed by atoms with Crippen molar-refractivity contribution >= 4 is 45.3 Å². The number of nitrogens with one attached hydrogen (secondary N) is 1. The van der Waals surface area contributed by atoms with E-state index in [1.165, 1.54) is 0 Å². The Kier molecular flexibility index (Phi) is 5.25. The fourth-order valence-corrected chi connectivity index (χ4v) is 2.28. The molecule has 0 aliphatic rings. The molecule has 7 heteroatoms. The maximum Gasteiger partial charge on any atom is 0.341 e. The second-order valence-corrected chi connectivity index (χ2v) is 11.3. The molecule has 2 amide bonds. The Morgan fingerprint density at radius 2 is 2.00 bits per heavy atom. The Hall–Kier alpha value is 0.357. The summed E-state index contributed by atoms with van der Waals surface area (Å²) < 4.78 is 0. The van der Waals surface area contributed by atoms with E-state index in [0.29, 0.717) is 19.0 Å². The van der Waals surface area contributed by atoms with Crippen LogP contribution >= 0.6 is 33.2 Å². The Morgan fingerprint density at radius 3 is 2.36 bits per heavy atom. The highest BCUT2D eigenvalue weighted by Crippen LogP contribution is 2.25. The van der Waals surface area contributed by atoms with Crippen LogP contribution in [-0.4, -0.2) is 18.6 Å². The van der Waals surface area contributed by atoms with Gasteiger partial charge in [0.1, 0.15) is 0 Å². The number of primary amides is 1. The van der Waals surface area contributed by atoms with E-state index in [4.69, 9.17) is 39.0 Å². The molecule has 0 unspecified atom stereocenters. The number of rotatable bonds is 4. The predicted molar refractivity (Wildman–Crippen MR) is 50.3 cm³/mol. The molecule has 0 aromatic carbocycles. The van der Waals surface area contributed by atoms with Crippen molar-refractivity contribution in [3.05, 3.63) is 0 Å².